The van der Waals surface area contributed by atoms with E-state index in [0.29, 0.717) is 0 Å². The lowest BCUT2D eigenvalue weighted by Gasteiger charge is -2.34. The summed E-state index contributed by atoms with van der Waals surface area (Å²) in [6, 6.07) is 0. The predicted molar refractivity (Wildman–Crippen MR) is 58.2 cm³/mol. The van der Waals surface area contributed by atoms with Crippen LogP contribution in [0.5, 0.6) is 0 Å². The Balaban J connectivity index is 2.78. The highest BCUT2D eigenvalue weighted by atomic mass is 32.1. The molecule has 1 aliphatic carbocycles. The van der Waals surface area contributed by atoms with Crippen LogP contribution in [0.15, 0.2) is 0 Å². The Morgan fingerprint density at radius 1 is 1.20 bits per heavy atom. The van der Waals surface area contributed by atoms with Gasteiger partial charge in [-0.25, -0.2) is 0 Å². The van der Waals surface area contributed by atoms with Crippen molar-refractivity contribution in [2.24, 2.45) is 5.92 Å². The van der Waals surface area contributed by atoms with Crippen LogP contribution in [0.4, 0.5) is 0 Å². The summed E-state index contributed by atoms with van der Waals surface area (Å²) in [7, 11) is 0. The van der Waals surface area contributed by atoms with Crippen molar-refractivity contribution in [3.05, 3.63) is 0 Å². The van der Waals surface area contributed by atoms with Crippen LogP contribution >= 0.6 is 12.6 Å². The summed E-state index contributed by atoms with van der Waals surface area (Å²) in [4.78, 5) is 21.8. The van der Waals surface area contributed by atoms with Crippen molar-refractivity contribution in [3.63, 3.8) is 0 Å². The van der Waals surface area contributed by atoms with Crippen LogP contribution in [0.2, 0.25) is 0 Å². The summed E-state index contributed by atoms with van der Waals surface area (Å²) in [6.45, 7) is 0. The van der Waals surface area contributed by atoms with E-state index in [9.17, 15) is 9.59 Å². The molecule has 0 aromatic carbocycles. The standard InChI is InChI=1S/C10H16O4S/c11-8(12)6-10(15,9(13)14)7-4-2-1-3-5-7/h7,15H,1-6H2,(H,11,12)(H,13,14). The molecular formula is C10H16O4S. The predicted octanol–water partition coefficient (Wildman–Crippen LogP) is 1.79. The maximum Gasteiger partial charge on any atom is 0.320 e. The zero-order chi connectivity index (χ0) is 11.5. The van der Waals surface area contributed by atoms with Crippen molar-refractivity contribution in [2.75, 3.05) is 0 Å². The van der Waals surface area contributed by atoms with Gasteiger partial charge in [-0.2, -0.15) is 12.6 Å². The van der Waals surface area contributed by atoms with Crippen LogP contribution in [0.25, 0.3) is 0 Å². The molecule has 1 rings (SSSR count). The summed E-state index contributed by atoms with van der Waals surface area (Å²) < 4.78 is -1.40. The Morgan fingerprint density at radius 2 is 1.73 bits per heavy atom. The number of carboxylic acid groups (broad SMARTS) is 2. The monoisotopic (exact) mass is 232 g/mol. The highest BCUT2D eigenvalue weighted by molar-refractivity contribution is 7.82. The van der Waals surface area contributed by atoms with Crippen molar-refractivity contribution < 1.29 is 19.8 Å². The van der Waals surface area contributed by atoms with Gasteiger partial charge in [0.1, 0.15) is 4.75 Å². The highest BCUT2D eigenvalue weighted by Crippen LogP contribution is 2.39. The van der Waals surface area contributed by atoms with E-state index in [1.807, 2.05) is 0 Å². The number of carboxylic acids is 2. The molecule has 86 valence electrons. The maximum absolute atomic E-state index is 11.1. The van der Waals surface area contributed by atoms with Gasteiger partial charge in [0.15, 0.2) is 0 Å². The molecule has 1 aliphatic rings. The van der Waals surface area contributed by atoms with E-state index in [0.717, 1.165) is 32.1 Å². The lowest BCUT2D eigenvalue weighted by molar-refractivity contribution is -0.148. The molecule has 0 bridgehead atoms. The Kier molecular flexibility index (Phi) is 4.02. The van der Waals surface area contributed by atoms with Gasteiger partial charge < -0.3 is 10.2 Å². The normalized spacial score (nSPS) is 21.9. The zero-order valence-electron chi connectivity index (χ0n) is 8.48. The number of hydrogen-bond acceptors (Lipinski definition) is 3. The summed E-state index contributed by atoms with van der Waals surface area (Å²) in [5.41, 5.74) is 0. The van der Waals surface area contributed by atoms with Crippen molar-refractivity contribution in [1.82, 2.24) is 0 Å². The lowest BCUT2D eigenvalue weighted by atomic mass is 9.78. The van der Waals surface area contributed by atoms with Gasteiger partial charge in [-0.1, -0.05) is 19.3 Å². The van der Waals surface area contributed by atoms with Gasteiger partial charge >= 0.3 is 11.9 Å². The summed E-state index contributed by atoms with van der Waals surface area (Å²) in [6.07, 6.45) is 4.18. The number of carbonyl (C=O) groups is 2. The average molecular weight is 232 g/mol. The third-order valence-corrected chi connectivity index (χ3v) is 3.79. The SMILES string of the molecule is O=C(O)CC(S)(C(=O)O)C1CCCCC1. The number of hydrogen-bond donors (Lipinski definition) is 3. The van der Waals surface area contributed by atoms with Crippen LogP contribution in [0.3, 0.4) is 0 Å². The minimum atomic E-state index is -1.40. The topological polar surface area (TPSA) is 74.6 Å². The molecule has 1 unspecified atom stereocenters. The summed E-state index contributed by atoms with van der Waals surface area (Å²) >= 11 is 4.12. The Labute approximate surface area is 94.1 Å². The molecule has 15 heavy (non-hydrogen) atoms. The van der Waals surface area contributed by atoms with Crippen LogP contribution in [0.1, 0.15) is 38.5 Å². The fraction of sp³-hybridized carbons (Fsp3) is 0.800. The Bertz CT molecular complexity index is 260. The fourth-order valence-corrected chi connectivity index (χ4v) is 2.60. The molecular weight excluding hydrogens is 216 g/mol. The van der Waals surface area contributed by atoms with E-state index in [1.54, 1.807) is 0 Å². The van der Waals surface area contributed by atoms with Gasteiger partial charge in [-0.05, 0) is 18.8 Å². The number of aliphatic carboxylic acids is 2. The minimum absolute atomic E-state index is 0.122. The van der Waals surface area contributed by atoms with Crippen molar-refractivity contribution in [1.29, 1.82) is 0 Å². The van der Waals surface area contributed by atoms with Crippen LogP contribution < -0.4 is 0 Å². The minimum Gasteiger partial charge on any atom is -0.481 e. The molecule has 1 atom stereocenters. The number of thiol groups is 1. The molecule has 1 fully saturated rings. The summed E-state index contributed by atoms with van der Waals surface area (Å²) in [5, 5.41) is 17.8. The molecule has 4 nitrogen and oxygen atoms in total. The first kappa shape index (κ1) is 12.4. The zero-order valence-corrected chi connectivity index (χ0v) is 9.37. The van der Waals surface area contributed by atoms with Crippen molar-refractivity contribution in [3.8, 4) is 0 Å². The molecule has 0 saturated heterocycles. The van der Waals surface area contributed by atoms with Gasteiger partial charge in [-0.15, -0.1) is 0 Å². The van der Waals surface area contributed by atoms with E-state index < -0.39 is 23.1 Å². The first-order valence-corrected chi connectivity index (χ1v) is 5.59. The second-order valence-corrected chi connectivity index (χ2v) is 4.93. The highest BCUT2D eigenvalue weighted by Gasteiger charge is 2.44. The second-order valence-electron chi connectivity index (χ2n) is 4.13. The van der Waals surface area contributed by atoms with E-state index in [4.69, 9.17) is 10.2 Å². The summed E-state index contributed by atoms with van der Waals surface area (Å²) in [5.74, 6) is -2.33. The third-order valence-electron chi connectivity index (χ3n) is 3.07. The maximum atomic E-state index is 11.1. The van der Waals surface area contributed by atoms with Gasteiger partial charge in [0.2, 0.25) is 0 Å². The van der Waals surface area contributed by atoms with Crippen molar-refractivity contribution >= 4 is 24.6 Å². The van der Waals surface area contributed by atoms with E-state index in [1.165, 1.54) is 0 Å². The quantitative estimate of drug-likeness (QED) is 0.646. The third kappa shape index (κ3) is 2.87. The molecule has 2 N–H and O–H groups in total. The molecule has 5 heteroatoms. The largest absolute Gasteiger partial charge is 0.481 e. The van der Waals surface area contributed by atoms with Gasteiger partial charge in [0.05, 0.1) is 6.42 Å². The van der Waals surface area contributed by atoms with Crippen LogP contribution in [0, 0.1) is 5.92 Å². The molecule has 0 radical (unpaired) electrons. The average Bonchev–Trinajstić information content (AvgIpc) is 2.17. The molecule has 0 aromatic rings. The van der Waals surface area contributed by atoms with Crippen LogP contribution in [-0.4, -0.2) is 26.9 Å². The fourth-order valence-electron chi connectivity index (χ4n) is 2.21. The van der Waals surface area contributed by atoms with Crippen molar-refractivity contribution in [2.45, 2.75) is 43.3 Å². The first-order chi connectivity index (χ1) is 6.97. The van der Waals surface area contributed by atoms with E-state index >= 15 is 0 Å². The second kappa shape index (κ2) is 4.88. The lowest BCUT2D eigenvalue weighted by Crippen LogP contribution is -2.43. The van der Waals surface area contributed by atoms with Gasteiger partial charge in [-0.3, -0.25) is 9.59 Å². The molecule has 0 aliphatic heterocycles. The Hall–Kier alpha value is -0.710. The molecule has 0 aromatic heterocycles. The van der Waals surface area contributed by atoms with Crippen LogP contribution in [-0.2, 0) is 9.59 Å². The first-order valence-electron chi connectivity index (χ1n) is 5.14. The molecule has 0 spiro atoms. The Morgan fingerprint density at radius 3 is 2.13 bits per heavy atom. The van der Waals surface area contributed by atoms with E-state index in [2.05, 4.69) is 12.6 Å². The number of rotatable bonds is 4. The molecule has 0 amide bonds. The van der Waals surface area contributed by atoms with E-state index in [-0.39, 0.29) is 5.92 Å². The van der Waals surface area contributed by atoms with Gasteiger partial charge in [0.25, 0.3) is 0 Å². The molecule has 0 heterocycles. The van der Waals surface area contributed by atoms with Gasteiger partial charge in [0, 0.05) is 0 Å². The molecule has 1 saturated carbocycles. The smallest absolute Gasteiger partial charge is 0.320 e.